The molecule has 126 valence electrons. The Kier molecular flexibility index (Phi) is 4.25. The smallest absolute Gasteiger partial charge is 0.289 e. The highest BCUT2D eigenvalue weighted by Gasteiger charge is 2.36. The number of hydrogen-bond donors (Lipinski definition) is 1. The van der Waals surface area contributed by atoms with Crippen LogP contribution in [0.2, 0.25) is 0 Å². The van der Waals surface area contributed by atoms with E-state index in [0.717, 1.165) is 5.56 Å². The Morgan fingerprint density at radius 1 is 1.17 bits per heavy atom. The summed E-state index contributed by atoms with van der Waals surface area (Å²) in [4.78, 5) is 10.2. The molecule has 0 spiro atoms. The van der Waals surface area contributed by atoms with Crippen molar-refractivity contribution in [3.05, 3.63) is 64.2 Å². The summed E-state index contributed by atoms with van der Waals surface area (Å²) in [5, 5.41) is 11.2. The second kappa shape index (κ2) is 6.21. The van der Waals surface area contributed by atoms with E-state index >= 15 is 0 Å². The van der Waals surface area contributed by atoms with Gasteiger partial charge in [0.25, 0.3) is 15.7 Å². The molecule has 7 nitrogen and oxygen atoms in total. The number of nitrogens with zero attached hydrogens (tertiary/aromatic N) is 2. The molecule has 0 bridgehead atoms. The minimum absolute atomic E-state index is 0.0819. The Hall–Kier alpha value is -2.45. The first-order valence-electron chi connectivity index (χ1n) is 7.52. The van der Waals surface area contributed by atoms with Crippen molar-refractivity contribution in [1.82, 2.24) is 0 Å². The molecule has 1 heterocycles. The molecule has 2 aromatic carbocycles. The molecule has 0 saturated heterocycles. The minimum Gasteiger partial charge on any atom is -0.330 e. The second-order valence-corrected chi connectivity index (χ2v) is 7.41. The van der Waals surface area contributed by atoms with Gasteiger partial charge in [0.15, 0.2) is 4.90 Å². The third kappa shape index (κ3) is 2.63. The molecule has 0 saturated carbocycles. The van der Waals surface area contributed by atoms with Crippen molar-refractivity contribution in [2.45, 2.75) is 17.2 Å². The minimum atomic E-state index is -4.03. The average molecular weight is 347 g/mol. The summed E-state index contributed by atoms with van der Waals surface area (Å²) >= 11 is 0. The van der Waals surface area contributed by atoms with Crippen molar-refractivity contribution in [1.29, 1.82) is 0 Å². The summed E-state index contributed by atoms with van der Waals surface area (Å²) in [6, 6.07) is 12.6. The van der Waals surface area contributed by atoms with Crippen molar-refractivity contribution < 1.29 is 13.3 Å². The van der Waals surface area contributed by atoms with E-state index in [1.807, 2.05) is 12.1 Å². The summed E-state index contributed by atoms with van der Waals surface area (Å²) in [5.74, 6) is 0.0819. The first-order valence-corrected chi connectivity index (χ1v) is 8.96. The maximum atomic E-state index is 13.1. The van der Waals surface area contributed by atoms with E-state index in [9.17, 15) is 18.5 Å². The SMILES string of the molecule is NCC1CCN(S(=O)(=O)c2ccccc2[N+](=O)[O-])c2ccccc21. The Morgan fingerprint density at radius 2 is 1.83 bits per heavy atom. The van der Waals surface area contributed by atoms with Crippen LogP contribution in [0, 0.1) is 10.1 Å². The third-order valence-corrected chi connectivity index (χ3v) is 6.10. The molecule has 0 fully saturated rings. The Labute approximate surface area is 139 Å². The maximum absolute atomic E-state index is 13.1. The molecular formula is C16H17N3O4S. The molecule has 2 aromatic rings. The maximum Gasteiger partial charge on any atom is 0.289 e. The van der Waals surface area contributed by atoms with Gasteiger partial charge >= 0.3 is 0 Å². The van der Waals surface area contributed by atoms with Gasteiger partial charge in [-0.25, -0.2) is 8.42 Å². The fraction of sp³-hybridized carbons (Fsp3) is 0.250. The lowest BCUT2D eigenvalue weighted by molar-refractivity contribution is -0.387. The molecule has 0 amide bonds. The van der Waals surface area contributed by atoms with Crippen molar-refractivity contribution >= 4 is 21.4 Å². The van der Waals surface area contributed by atoms with Crippen LogP contribution in [-0.4, -0.2) is 26.4 Å². The number of nitro groups is 1. The number of fused-ring (bicyclic) bond motifs is 1. The highest BCUT2D eigenvalue weighted by Crippen LogP contribution is 2.39. The molecule has 8 heteroatoms. The van der Waals surface area contributed by atoms with Crippen LogP contribution in [0.3, 0.4) is 0 Å². The highest BCUT2D eigenvalue weighted by atomic mass is 32.2. The van der Waals surface area contributed by atoms with Gasteiger partial charge in [0.1, 0.15) is 0 Å². The zero-order chi connectivity index (χ0) is 17.3. The zero-order valence-electron chi connectivity index (χ0n) is 12.8. The Balaban J connectivity index is 2.14. The molecule has 1 unspecified atom stereocenters. The first kappa shape index (κ1) is 16.4. The van der Waals surface area contributed by atoms with Crippen LogP contribution in [0.5, 0.6) is 0 Å². The standard InChI is InChI=1S/C16H17N3O4S/c17-11-12-9-10-18(14-6-2-1-5-13(12)14)24(22,23)16-8-4-3-7-15(16)19(20)21/h1-8,12H,9-11,17H2. The molecule has 0 radical (unpaired) electrons. The van der Waals surface area contributed by atoms with Crippen molar-refractivity contribution in [2.24, 2.45) is 5.73 Å². The fourth-order valence-corrected chi connectivity index (χ4v) is 4.71. The molecule has 1 aliphatic rings. The Morgan fingerprint density at radius 3 is 2.54 bits per heavy atom. The molecule has 3 rings (SSSR count). The molecule has 24 heavy (non-hydrogen) atoms. The van der Waals surface area contributed by atoms with Crippen LogP contribution in [-0.2, 0) is 10.0 Å². The van der Waals surface area contributed by atoms with E-state index < -0.39 is 20.6 Å². The topological polar surface area (TPSA) is 107 Å². The van der Waals surface area contributed by atoms with Gasteiger partial charge in [0.05, 0.1) is 10.6 Å². The van der Waals surface area contributed by atoms with E-state index in [0.29, 0.717) is 18.7 Å². The molecule has 1 aliphatic heterocycles. The van der Waals surface area contributed by atoms with Crippen LogP contribution in [0.25, 0.3) is 0 Å². The van der Waals surface area contributed by atoms with Gasteiger partial charge in [-0.1, -0.05) is 30.3 Å². The van der Waals surface area contributed by atoms with Crippen LogP contribution < -0.4 is 10.0 Å². The van der Waals surface area contributed by atoms with Crippen LogP contribution in [0.4, 0.5) is 11.4 Å². The zero-order valence-corrected chi connectivity index (χ0v) is 13.6. The van der Waals surface area contributed by atoms with E-state index in [4.69, 9.17) is 5.73 Å². The number of hydrogen-bond acceptors (Lipinski definition) is 5. The fourth-order valence-electron chi connectivity index (χ4n) is 3.05. The summed E-state index contributed by atoms with van der Waals surface area (Å²) in [5.41, 5.74) is 6.76. The monoisotopic (exact) mass is 347 g/mol. The average Bonchev–Trinajstić information content (AvgIpc) is 2.60. The van der Waals surface area contributed by atoms with E-state index in [2.05, 4.69) is 0 Å². The van der Waals surface area contributed by atoms with Crippen molar-refractivity contribution in [2.75, 3.05) is 17.4 Å². The molecule has 1 atom stereocenters. The number of nitro benzene ring substituents is 1. The Bertz CT molecular complexity index is 882. The largest absolute Gasteiger partial charge is 0.330 e. The van der Waals surface area contributed by atoms with Gasteiger partial charge in [0.2, 0.25) is 0 Å². The van der Waals surface area contributed by atoms with E-state index in [-0.39, 0.29) is 17.4 Å². The third-order valence-electron chi connectivity index (χ3n) is 4.24. The normalized spacial score (nSPS) is 17.4. The lowest BCUT2D eigenvalue weighted by Gasteiger charge is -2.34. The predicted octanol–water partition coefficient (Wildman–Crippen LogP) is 2.24. The lowest BCUT2D eigenvalue weighted by Crippen LogP contribution is -2.38. The summed E-state index contributed by atoms with van der Waals surface area (Å²) in [6.07, 6.45) is 0.577. The number of anilines is 1. The number of benzene rings is 2. The molecule has 0 aliphatic carbocycles. The van der Waals surface area contributed by atoms with E-state index in [1.165, 1.54) is 28.6 Å². The highest BCUT2D eigenvalue weighted by molar-refractivity contribution is 7.93. The number of rotatable bonds is 4. The van der Waals surface area contributed by atoms with Gasteiger partial charge < -0.3 is 5.73 Å². The molecule has 0 aromatic heterocycles. The molecular weight excluding hydrogens is 330 g/mol. The van der Waals surface area contributed by atoms with Crippen molar-refractivity contribution in [3.8, 4) is 0 Å². The van der Waals surface area contributed by atoms with Gasteiger partial charge in [-0.2, -0.15) is 0 Å². The second-order valence-electron chi connectivity index (χ2n) is 5.58. The van der Waals surface area contributed by atoms with Gasteiger partial charge in [-0.3, -0.25) is 14.4 Å². The van der Waals surface area contributed by atoms with E-state index in [1.54, 1.807) is 12.1 Å². The quantitative estimate of drug-likeness (QED) is 0.674. The number of para-hydroxylation sites is 2. The van der Waals surface area contributed by atoms with Gasteiger partial charge in [0, 0.05) is 12.6 Å². The summed E-state index contributed by atoms with van der Waals surface area (Å²) in [7, 11) is -4.03. The number of nitrogens with two attached hydrogens (primary N) is 1. The predicted molar refractivity (Wildman–Crippen MR) is 90.5 cm³/mol. The van der Waals surface area contributed by atoms with Crippen LogP contribution >= 0.6 is 0 Å². The summed E-state index contributed by atoms with van der Waals surface area (Å²) in [6.45, 7) is 0.670. The number of sulfonamides is 1. The van der Waals surface area contributed by atoms with Gasteiger partial charge in [-0.15, -0.1) is 0 Å². The first-order chi connectivity index (χ1) is 11.5. The van der Waals surface area contributed by atoms with Crippen LogP contribution in [0.1, 0.15) is 17.9 Å². The van der Waals surface area contributed by atoms with Gasteiger partial charge in [-0.05, 0) is 36.6 Å². The van der Waals surface area contributed by atoms with Crippen LogP contribution in [0.15, 0.2) is 53.4 Å². The molecule has 2 N–H and O–H groups in total. The lowest BCUT2D eigenvalue weighted by atomic mass is 9.91. The summed E-state index contributed by atoms with van der Waals surface area (Å²) < 4.78 is 27.4. The van der Waals surface area contributed by atoms with Crippen molar-refractivity contribution in [3.63, 3.8) is 0 Å².